The fourth-order valence-corrected chi connectivity index (χ4v) is 2.89. The largest absolute Gasteiger partial charge is 0.504 e. The van der Waals surface area contributed by atoms with Crippen molar-refractivity contribution in [1.82, 2.24) is 10.7 Å². The number of phenolic OH excluding ortho intramolecular Hbond substituents is 1. The molecule has 7 nitrogen and oxygen atoms in total. The second-order valence-electron chi connectivity index (χ2n) is 7.05. The summed E-state index contributed by atoms with van der Waals surface area (Å²) >= 11 is 0. The number of carbonyl (C=O) groups is 2. The fourth-order valence-electron chi connectivity index (χ4n) is 2.89. The summed E-state index contributed by atoms with van der Waals surface area (Å²) in [4.78, 5) is 23.5. The number of ether oxygens (including phenoxy) is 1. The van der Waals surface area contributed by atoms with Gasteiger partial charge in [-0.25, -0.2) is 5.43 Å². The van der Waals surface area contributed by atoms with Crippen molar-refractivity contribution < 1.29 is 19.4 Å². The molecule has 0 atom stereocenters. The van der Waals surface area contributed by atoms with Crippen LogP contribution in [0.3, 0.4) is 0 Å². The number of phenols is 1. The third-order valence-corrected chi connectivity index (χ3v) is 4.60. The standard InChI is InChI=1S/C22H35N3O4/c1-3-4-5-6-7-8-9-10-11-15-20(26)23-17-21(27)25-24-16-18-13-12-14-19(29-2)22(18)28/h12-14,16,28H,3-11,15,17H2,1-2H3,(H,23,26)(H,25,27)/b24-16+. The highest BCUT2D eigenvalue weighted by Gasteiger charge is 2.06. The van der Waals surface area contributed by atoms with Gasteiger partial charge in [-0.05, 0) is 18.6 Å². The lowest BCUT2D eigenvalue weighted by molar-refractivity contribution is -0.126. The van der Waals surface area contributed by atoms with Crippen LogP contribution in [0.25, 0.3) is 0 Å². The molecular formula is C22H35N3O4. The minimum absolute atomic E-state index is 0.0535. The van der Waals surface area contributed by atoms with Crippen LogP contribution in [-0.2, 0) is 9.59 Å². The van der Waals surface area contributed by atoms with Gasteiger partial charge >= 0.3 is 0 Å². The number of amides is 2. The van der Waals surface area contributed by atoms with Gasteiger partial charge in [0.15, 0.2) is 11.5 Å². The Balaban J connectivity index is 2.11. The number of methoxy groups -OCH3 is 1. The van der Waals surface area contributed by atoms with Crippen molar-refractivity contribution in [2.45, 2.75) is 71.1 Å². The van der Waals surface area contributed by atoms with Crippen LogP contribution in [0.4, 0.5) is 0 Å². The maximum Gasteiger partial charge on any atom is 0.259 e. The average molecular weight is 406 g/mol. The Morgan fingerprint density at radius 2 is 1.69 bits per heavy atom. The summed E-state index contributed by atoms with van der Waals surface area (Å²) in [5.41, 5.74) is 2.74. The Kier molecular flexibility index (Phi) is 13.0. The Hall–Kier alpha value is -2.57. The summed E-state index contributed by atoms with van der Waals surface area (Å²) in [5.74, 6) is -0.284. The first kappa shape index (κ1) is 24.5. The van der Waals surface area contributed by atoms with Gasteiger partial charge in [-0.2, -0.15) is 5.10 Å². The number of hydrazone groups is 1. The molecule has 0 radical (unpaired) electrons. The van der Waals surface area contributed by atoms with Crippen LogP contribution in [0.15, 0.2) is 23.3 Å². The molecule has 29 heavy (non-hydrogen) atoms. The third-order valence-electron chi connectivity index (χ3n) is 4.60. The molecule has 0 aliphatic rings. The minimum Gasteiger partial charge on any atom is -0.504 e. The topological polar surface area (TPSA) is 100 Å². The molecule has 0 saturated heterocycles. The molecule has 0 aromatic heterocycles. The van der Waals surface area contributed by atoms with E-state index in [1.54, 1.807) is 18.2 Å². The number of rotatable bonds is 15. The summed E-state index contributed by atoms with van der Waals surface area (Å²) in [7, 11) is 1.45. The molecule has 1 aromatic carbocycles. The van der Waals surface area contributed by atoms with E-state index in [-0.39, 0.29) is 18.2 Å². The van der Waals surface area contributed by atoms with Gasteiger partial charge in [0.05, 0.1) is 19.9 Å². The van der Waals surface area contributed by atoms with Gasteiger partial charge in [-0.1, -0.05) is 64.4 Å². The van der Waals surface area contributed by atoms with E-state index in [9.17, 15) is 14.7 Å². The molecule has 2 amide bonds. The van der Waals surface area contributed by atoms with Crippen LogP contribution in [0.2, 0.25) is 0 Å². The molecular weight excluding hydrogens is 370 g/mol. The maximum atomic E-state index is 11.8. The maximum absolute atomic E-state index is 11.8. The van der Waals surface area contributed by atoms with Crippen molar-refractivity contribution in [2.24, 2.45) is 5.10 Å². The second-order valence-corrected chi connectivity index (χ2v) is 7.05. The zero-order valence-electron chi connectivity index (χ0n) is 17.7. The number of benzene rings is 1. The van der Waals surface area contributed by atoms with Gasteiger partial charge in [0.1, 0.15) is 0 Å². The summed E-state index contributed by atoms with van der Waals surface area (Å²) in [6, 6.07) is 4.96. The zero-order chi connectivity index (χ0) is 21.3. The van der Waals surface area contributed by atoms with Gasteiger partial charge in [0.2, 0.25) is 5.91 Å². The predicted molar refractivity (Wildman–Crippen MR) is 115 cm³/mol. The van der Waals surface area contributed by atoms with E-state index in [1.165, 1.54) is 51.8 Å². The summed E-state index contributed by atoms with van der Waals surface area (Å²) < 4.78 is 5.00. The molecule has 0 spiro atoms. The number of carbonyl (C=O) groups excluding carboxylic acids is 2. The summed E-state index contributed by atoms with van der Waals surface area (Å²) in [6.07, 6.45) is 12.5. The number of unbranched alkanes of at least 4 members (excludes halogenated alkanes) is 8. The molecule has 0 bridgehead atoms. The van der Waals surface area contributed by atoms with Gasteiger partial charge in [-0.3, -0.25) is 9.59 Å². The second kappa shape index (κ2) is 15.4. The number of para-hydroxylation sites is 1. The molecule has 7 heteroatoms. The van der Waals surface area contributed by atoms with E-state index < -0.39 is 5.91 Å². The number of nitrogens with one attached hydrogen (secondary N) is 2. The molecule has 0 saturated carbocycles. The van der Waals surface area contributed by atoms with Crippen LogP contribution < -0.4 is 15.5 Å². The Labute approximate surface area is 173 Å². The molecule has 0 unspecified atom stereocenters. The van der Waals surface area contributed by atoms with E-state index in [0.29, 0.717) is 17.7 Å². The van der Waals surface area contributed by atoms with Gasteiger partial charge < -0.3 is 15.2 Å². The fraction of sp³-hybridized carbons (Fsp3) is 0.591. The molecule has 0 aliphatic carbocycles. The first-order valence-electron chi connectivity index (χ1n) is 10.5. The van der Waals surface area contributed by atoms with E-state index in [1.807, 2.05) is 0 Å². The van der Waals surface area contributed by atoms with Crippen LogP contribution in [0.5, 0.6) is 11.5 Å². The number of nitrogens with zero attached hydrogens (tertiary/aromatic N) is 1. The van der Waals surface area contributed by atoms with Crippen LogP contribution in [0, 0.1) is 0 Å². The SMILES string of the molecule is CCCCCCCCCCCC(=O)NCC(=O)N/N=C/c1cccc(OC)c1O. The molecule has 1 rings (SSSR count). The van der Waals surface area contributed by atoms with Crippen molar-refractivity contribution in [3.63, 3.8) is 0 Å². The highest BCUT2D eigenvalue weighted by Crippen LogP contribution is 2.27. The van der Waals surface area contributed by atoms with E-state index >= 15 is 0 Å². The molecule has 1 aromatic rings. The van der Waals surface area contributed by atoms with E-state index in [2.05, 4.69) is 22.8 Å². The highest BCUT2D eigenvalue weighted by molar-refractivity contribution is 5.88. The van der Waals surface area contributed by atoms with Crippen molar-refractivity contribution in [2.75, 3.05) is 13.7 Å². The molecule has 0 heterocycles. The van der Waals surface area contributed by atoms with Crippen molar-refractivity contribution in [3.05, 3.63) is 23.8 Å². The summed E-state index contributed by atoms with van der Waals surface area (Å²) in [6.45, 7) is 2.09. The lowest BCUT2D eigenvalue weighted by atomic mass is 10.1. The smallest absolute Gasteiger partial charge is 0.259 e. The van der Waals surface area contributed by atoms with E-state index in [0.717, 1.165) is 19.3 Å². The average Bonchev–Trinajstić information content (AvgIpc) is 2.72. The number of hydrogen-bond donors (Lipinski definition) is 3. The predicted octanol–water partition coefficient (Wildman–Crippen LogP) is 3.89. The normalized spacial score (nSPS) is 10.8. The zero-order valence-corrected chi connectivity index (χ0v) is 17.7. The molecule has 0 fully saturated rings. The van der Waals surface area contributed by atoms with Crippen molar-refractivity contribution in [3.8, 4) is 11.5 Å². The molecule has 162 valence electrons. The van der Waals surface area contributed by atoms with Crippen LogP contribution in [0.1, 0.15) is 76.7 Å². The molecule has 3 N–H and O–H groups in total. The summed E-state index contributed by atoms with van der Waals surface area (Å²) in [5, 5.41) is 16.3. The number of aromatic hydroxyl groups is 1. The lowest BCUT2D eigenvalue weighted by Crippen LogP contribution is -2.34. The monoisotopic (exact) mass is 405 g/mol. The quantitative estimate of drug-likeness (QED) is 0.234. The Morgan fingerprint density at radius 1 is 1.03 bits per heavy atom. The van der Waals surface area contributed by atoms with Crippen LogP contribution in [-0.4, -0.2) is 36.8 Å². The third kappa shape index (κ3) is 11.1. The Morgan fingerprint density at radius 3 is 2.34 bits per heavy atom. The minimum atomic E-state index is -0.427. The van der Waals surface area contributed by atoms with Crippen molar-refractivity contribution >= 4 is 18.0 Å². The Bertz CT molecular complexity index is 647. The van der Waals surface area contributed by atoms with Crippen molar-refractivity contribution in [1.29, 1.82) is 0 Å². The van der Waals surface area contributed by atoms with Gasteiger partial charge in [0.25, 0.3) is 5.91 Å². The lowest BCUT2D eigenvalue weighted by Gasteiger charge is -2.06. The van der Waals surface area contributed by atoms with Crippen LogP contribution >= 0.6 is 0 Å². The first-order valence-corrected chi connectivity index (χ1v) is 10.5. The van der Waals surface area contributed by atoms with Gasteiger partial charge in [0, 0.05) is 12.0 Å². The first-order chi connectivity index (χ1) is 14.1. The van der Waals surface area contributed by atoms with Gasteiger partial charge in [-0.15, -0.1) is 0 Å². The number of hydrogen-bond acceptors (Lipinski definition) is 5. The van der Waals surface area contributed by atoms with E-state index in [4.69, 9.17) is 4.74 Å². The molecule has 0 aliphatic heterocycles. The highest BCUT2D eigenvalue weighted by atomic mass is 16.5.